The maximum Gasteiger partial charge on any atom is 0.326 e. The van der Waals surface area contributed by atoms with Crippen molar-refractivity contribution < 1.29 is 29.1 Å². The molecule has 42 heavy (non-hydrogen) atoms. The minimum absolute atomic E-state index is 0.0550. The number of hydrogen-bond acceptors (Lipinski definition) is 6. The Morgan fingerprint density at radius 2 is 1.48 bits per heavy atom. The predicted molar refractivity (Wildman–Crippen MR) is 157 cm³/mol. The average Bonchev–Trinajstić information content (AvgIpc) is 3.35. The molecule has 4 atom stereocenters. The van der Waals surface area contributed by atoms with Crippen LogP contribution >= 0.6 is 0 Å². The maximum atomic E-state index is 13.4. The van der Waals surface area contributed by atoms with E-state index in [0.29, 0.717) is 5.56 Å². The summed E-state index contributed by atoms with van der Waals surface area (Å²) in [5.74, 6) is -4.33. The molecule has 224 valence electrons. The molecule has 1 aromatic heterocycles. The molecule has 1 heterocycles. The molecule has 0 aliphatic heterocycles. The van der Waals surface area contributed by atoms with E-state index >= 15 is 0 Å². The fraction of sp³-hybridized carbons (Fsp3) is 0.367. The number of carbonyl (C=O) groups excluding carboxylic acids is 4. The number of nitrogens with two attached hydrogens (primary N) is 2. The van der Waals surface area contributed by atoms with Crippen LogP contribution in [0.2, 0.25) is 0 Å². The highest BCUT2D eigenvalue weighted by molar-refractivity contribution is 5.94. The third kappa shape index (κ3) is 8.90. The van der Waals surface area contributed by atoms with Gasteiger partial charge in [0.1, 0.15) is 18.1 Å². The third-order valence-corrected chi connectivity index (χ3v) is 6.91. The van der Waals surface area contributed by atoms with Gasteiger partial charge in [-0.1, -0.05) is 62.4 Å². The molecule has 0 saturated heterocycles. The van der Waals surface area contributed by atoms with Crippen LogP contribution in [-0.4, -0.2) is 63.9 Å². The summed E-state index contributed by atoms with van der Waals surface area (Å²) < 4.78 is 0. The molecule has 12 heteroatoms. The molecular weight excluding hydrogens is 540 g/mol. The molecular formula is C30H38N6O6. The number of H-pyrrole nitrogens is 1. The number of carboxylic acids is 1. The highest BCUT2D eigenvalue weighted by Gasteiger charge is 2.32. The smallest absolute Gasteiger partial charge is 0.326 e. The van der Waals surface area contributed by atoms with Crippen LogP contribution in [-0.2, 0) is 36.8 Å². The number of fused-ring (bicyclic) bond motifs is 1. The van der Waals surface area contributed by atoms with Crippen LogP contribution in [0.1, 0.15) is 37.8 Å². The Labute approximate surface area is 243 Å². The van der Waals surface area contributed by atoms with Crippen molar-refractivity contribution in [2.45, 2.75) is 63.7 Å². The molecule has 0 radical (unpaired) electrons. The van der Waals surface area contributed by atoms with Crippen LogP contribution in [0.4, 0.5) is 0 Å². The first-order valence-electron chi connectivity index (χ1n) is 13.7. The highest BCUT2D eigenvalue weighted by Crippen LogP contribution is 2.19. The topological polar surface area (TPSA) is 209 Å². The molecule has 0 bridgehead atoms. The van der Waals surface area contributed by atoms with Gasteiger partial charge in [-0.2, -0.15) is 0 Å². The largest absolute Gasteiger partial charge is 0.480 e. The number of aromatic amines is 1. The number of carboxylic acid groups (broad SMARTS) is 1. The molecule has 0 fully saturated rings. The van der Waals surface area contributed by atoms with Crippen LogP contribution in [0.25, 0.3) is 10.9 Å². The van der Waals surface area contributed by atoms with Gasteiger partial charge in [0.05, 0.1) is 6.04 Å². The number of amides is 4. The number of hydrogen-bond donors (Lipinski definition) is 7. The fourth-order valence-electron chi connectivity index (χ4n) is 4.56. The Kier molecular flexibility index (Phi) is 11.2. The monoisotopic (exact) mass is 578 g/mol. The maximum absolute atomic E-state index is 13.4. The minimum Gasteiger partial charge on any atom is -0.480 e. The fourth-order valence-corrected chi connectivity index (χ4v) is 4.56. The van der Waals surface area contributed by atoms with Gasteiger partial charge in [-0.3, -0.25) is 19.2 Å². The van der Waals surface area contributed by atoms with E-state index < -0.39 is 53.8 Å². The van der Waals surface area contributed by atoms with Crippen molar-refractivity contribution in [3.63, 3.8) is 0 Å². The number of carbonyl (C=O) groups is 5. The lowest BCUT2D eigenvalue weighted by molar-refractivity contribution is -0.142. The molecule has 3 aromatic rings. The molecule has 4 amide bonds. The Morgan fingerprint density at radius 1 is 0.833 bits per heavy atom. The van der Waals surface area contributed by atoms with Crippen LogP contribution in [0, 0.1) is 5.92 Å². The molecule has 0 spiro atoms. The molecule has 0 saturated carbocycles. The Hall–Kier alpha value is -4.71. The normalized spacial score (nSPS) is 14.0. The zero-order valence-corrected chi connectivity index (χ0v) is 23.6. The summed E-state index contributed by atoms with van der Waals surface area (Å²) in [6.45, 7) is 3.48. The number of rotatable bonds is 15. The third-order valence-electron chi connectivity index (χ3n) is 6.91. The van der Waals surface area contributed by atoms with Gasteiger partial charge in [0.25, 0.3) is 0 Å². The number of nitrogens with one attached hydrogen (secondary N) is 4. The van der Waals surface area contributed by atoms with E-state index in [1.807, 2.05) is 24.3 Å². The van der Waals surface area contributed by atoms with Crippen LogP contribution in [0.15, 0.2) is 60.8 Å². The Balaban J connectivity index is 1.73. The van der Waals surface area contributed by atoms with Crippen molar-refractivity contribution in [3.05, 3.63) is 71.9 Å². The number of aromatic nitrogens is 1. The van der Waals surface area contributed by atoms with Crippen LogP contribution in [0.3, 0.4) is 0 Å². The quantitative estimate of drug-likeness (QED) is 0.137. The van der Waals surface area contributed by atoms with Crippen LogP contribution < -0.4 is 27.4 Å². The summed E-state index contributed by atoms with van der Waals surface area (Å²) in [5.41, 5.74) is 13.9. The molecule has 0 aliphatic rings. The van der Waals surface area contributed by atoms with Crippen molar-refractivity contribution in [1.29, 1.82) is 0 Å². The predicted octanol–water partition coefficient (Wildman–Crippen LogP) is 0.741. The van der Waals surface area contributed by atoms with E-state index in [1.165, 1.54) is 0 Å². The standard InChI is InChI=1S/C30H38N6O6/c1-17(2)26(36-27(38)21(31)15-19-16-33-22-11-7-6-10-20(19)22)29(40)35-24(14-18-8-4-3-5-9-18)28(39)34-23(30(41)42)12-13-25(32)37/h3-11,16-17,21,23-24,26,33H,12-15,31H2,1-2H3,(H2,32,37)(H,34,39)(H,35,40)(H,36,38)(H,41,42). The second kappa shape index (κ2) is 14.8. The first-order valence-corrected chi connectivity index (χ1v) is 13.7. The SMILES string of the molecule is CC(C)C(NC(=O)C(N)Cc1c[nH]c2ccccc12)C(=O)NC(Cc1ccccc1)C(=O)NC(CCC(N)=O)C(=O)O. The highest BCUT2D eigenvalue weighted by atomic mass is 16.4. The Bertz CT molecular complexity index is 1410. The lowest BCUT2D eigenvalue weighted by Gasteiger charge is -2.27. The number of para-hydroxylation sites is 1. The van der Waals surface area contributed by atoms with Crippen molar-refractivity contribution in [2.75, 3.05) is 0 Å². The molecule has 12 nitrogen and oxygen atoms in total. The van der Waals surface area contributed by atoms with Gasteiger partial charge in [-0.25, -0.2) is 4.79 Å². The van der Waals surface area contributed by atoms with E-state index in [9.17, 15) is 29.1 Å². The van der Waals surface area contributed by atoms with Crippen molar-refractivity contribution in [1.82, 2.24) is 20.9 Å². The molecule has 3 rings (SSSR count). The van der Waals surface area contributed by atoms with E-state index in [0.717, 1.165) is 16.5 Å². The number of primary amides is 1. The summed E-state index contributed by atoms with van der Waals surface area (Å²) in [4.78, 5) is 65.8. The van der Waals surface area contributed by atoms with E-state index in [2.05, 4.69) is 20.9 Å². The summed E-state index contributed by atoms with van der Waals surface area (Å²) in [6, 6.07) is 12.0. The summed E-state index contributed by atoms with van der Waals surface area (Å²) >= 11 is 0. The van der Waals surface area contributed by atoms with Crippen molar-refractivity contribution in [2.24, 2.45) is 17.4 Å². The second-order valence-electron chi connectivity index (χ2n) is 10.6. The zero-order chi connectivity index (χ0) is 30.8. The zero-order valence-electron chi connectivity index (χ0n) is 23.6. The summed E-state index contributed by atoms with van der Waals surface area (Å²) in [7, 11) is 0. The molecule has 2 aromatic carbocycles. The minimum atomic E-state index is -1.39. The van der Waals surface area contributed by atoms with Gasteiger partial charge in [-0.15, -0.1) is 0 Å². The van der Waals surface area contributed by atoms with Gasteiger partial charge >= 0.3 is 5.97 Å². The Morgan fingerprint density at radius 3 is 2.12 bits per heavy atom. The second-order valence-corrected chi connectivity index (χ2v) is 10.6. The lowest BCUT2D eigenvalue weighted by Crippen LogP contribution is -2.59. The number of benzene rings is 2. The van der Waals surface area contributed by atoms with Gasteiger partial charge in [-0.05, 0) is 36.0 Å². The van der Waals surface area contributed by atoms with E-state index in [-0.39, 0.29) is 31.6 Å². The van der Waals surface area contributed by atoms with Crippen molar-refractivity contribution in [3.8, 4) is 0 Å². The van der Waals surface area contributed by atoms with Crippen LogP contribution in [0.5, 0.6) is 0 Å². The van der Waals surface area contributed by atoms with Gasteiger partial charge < -0.3 is 37.5 Å². The first-order chi connectivity index (χ1) is 20.0. The summed E-state index contributed by atoms with van der Waals surface area (Å²) in [6.07, 6.45) is 1.64. The summed E-state index contributed by atoms with van der Waals surface area (Å²) in [5, 5.41) is 18.3. The number of aliphatic carboxylic acids is 1. The van der Waals surface area contributed by atoms with E-state index in [1.54, 1.807) is 50.4 Å². The van der Waals surface area contributed by atoms with Gasteiger partial charge in [0, 0.05) is 29.9 Å². The lowest BCUT2D eigenvalue weighted by atomic mass is 9.99. The average molecular weight is 579 g/mol. The van der Waals surface area contributed by atoms with Gasteiger partial charge in [0.2, 0.25) is 23.6 Å². The van der Waals surface area contributed by atoms with Gasteiger partial charge in [0.15, 0.2) is 0 Å². The first kappa shape index (κ1) is 31.8. The van der Waals surface area contributed by atoms with E-state index in [4.69, 9.17) is 11.5 Å². The molecule has 9 N–H and O–H groups in total. The molecule has 4 unspecified atom stereocenters. The van der Waals surface area contributed by atoms with Crippen molar-refractivity contribution >= 4 is 40.5 Å². The molecule has 0 aliphatic carbocycles.